The third-order valence-electron chi connectivity index (χ3n) is 4.36. The topological polar surface area (TPSA) is 66.5 Å². The normalized spacial score (nSPS) is 14.2. The molecular formula is C19H22N2O3S. The number of rotatable bonds is 6. The van der Waals surface area contributed by atoms with Gasteiger partial charge >= 0.3 is 0 Å². The lowest BCUT2D eigenvalue weighted by molar-refractivity contribution is -0.117. The van der Waals surface area contributed by atoms with Gasteiger partial charge in [0.1, 0.15) is 0 Å². The number of nitrogens with zero attached hydrogens (tertiary/aromatic N) is 1. The van der Waals surface area contributed by atoms with Crippen LogP contribution in [0, 0.1) is 0 Å². The summed E-state index contributed by atoms with van der Waals surface area (Å²) in [5.41, 5.74) is 2.99. The predicted octanol–water partition coefficient (Wildman–Crippen LogP) is 2.13. The van der Waals surface area contributed by atoms with Gasteiger partial charge in [0.05, 0.1) is 12.3 Å². The molecule has 0 saturated heterocycles. The summed E-state index contributed by atoms with van der Waals surface area (Å²) >= 11 is 0. The van der Waals surface area contributed by atoms with Crippen LogP contribution in [0.3, 0.4) is 0 Å². The number of fused-ring (bicyclic) bond motifs is 1. The van der Waals surface area contributed by atoms with E-state index >= 15 is 0 Å². The van der Waals surface area contributed by atoms with E-state index in [-0.39, 0.29) is 18.2 Å². The molecule has 0 aromatic heterocycles. The van der Waals surface area contributed by atoms with Gasteiger partial charge in [0.25, 0.3) is 0 Å². The number of amides is 1. The number of hydrogen-bond donors (Lipinski definition) is 1. The van der Waals surface area contributed by atoms with Crippen LogP contribution in [0.4, 0.5) is 5.69 Å². The monoisotopic (exact) mass is 358 g/mol. The highest BCUT2D eigenvalue weighted by Crippen LogP contribution is 2.26. The molecule has 1 aliphatic rings. The Hall–Kier alpha value is -2.18. The van der Waals surface area contributed by atoms with Gasteiger partial charge in [-0.25, -0.2) is 13.1 Å². The van der Waals surface area contributed by atoms with E-state index in [0.29, 0.717) is 13.0 Å². The Morgan fingerprint density at radius 3 is 2.56 bits per heavy atom. The van der Waals surface area contributed by atoms with Crippen LogP contribution in [-0.2, 0) is 27.7 Å². The second-order valence-corrected chi connectivity index (χ2v) is 8.08. The summed E-state index contributed by atoms with van der Waals surface area (Å²) in [6, 6.07) is 17.2. The van der Waals surface area contributed by atoms with Gasteiger partial charge in [-0.2, -0.15) is 0 Å². The number of hydrogen-bond acceptors (Lipinski definition) is 3. The number of carbonyl (C=O) groups excluding carboxylic acids is 1. The standard InChI is InChI=1S/C19H22N2O3S/c22-19(21-13-6-10-17-9-4-5-11-18(17)21)15-20-25(23,24)14-12-16-7-2-1-3-8-16/h1-5,7-9,11,20H,6,10,12-15H2. The van der Waals surface area contributed by atoms with Gasteiger partial charge in [-0.1, -0.05) is 48.5 Å². The maximum Gasteiger partial charge on any atom is 0.242 e. The average molecular weight is 358 g/mol. The predicted molar refractivity (Wildman–Crippen MR) is 99.1 cm³/mol. The van der Waals surface area contributed by atoms with Crippen molar-refractivity contribution in [1.29, 1.82) is 0 Å². The lowest BCUT2D eigenvalue weighted by Gasteiger charge is -2.29. The molecule has 0 unspecified atom stereocenters. The maximum absolute atomic E-state index is 12.5. The Morgan fingerprint density at radius 2 is 1.76 bits per heavy atom. The molecule has 0 saturated carbocycles. The molecule has 132 valence electrons. The molecule has 0 spiro atoms. The molecule has 6 heteroatoms. The van der Waals surface area contributed by atoms with Crippen molar-refractivity contribution in [2.75, 3.05) is 23.7 Å². The Morgan fingerprint density at radius 1 is 1.04 bits per heavy atom. The zero-order valence-electron chi connectivity index (χ0n) is 14.0. The quantitative estimate of drug-likeness (QED) is 0.860. The van der Waals surface area contributed by atoms with Crippen molar-refractivity contribution >= 4 is 21.6 Å². The third kappa shape index (κ3) is 4.67. The molecule has 0 fully saturated rings. The average Bonchev–Trinajstić information content (AvgIpc) is 2.65. The van der Waals surface area contributed by atoms with Gasteiger partial charge in [-0.05, 0) is 36.5 Å². The van der Waals surface area contributed by atoms with Gasteiger partial charge in [0, 0.05) is 12.2 Å². The summed E-state index contributed by atoms with van der Waals surface area (Å²) in [5.74, 6) is -0.239. The van der Waals surface area contributed by atoms with Crippen molar-refractivity contribution in [1.82, 2.24) is 4.72 Å². The van der Waals surface area contributed by atoms with Crippen LogP contribution >= 0.6 is 0 Å². The Balaban J connectivity index is 1.57. The second kappa shape index (κ2) is 7.80. The largest absolute Gasteiger partial charge is 0.311 e. The molecular weight excluding hydrogens is 336 g/mol. The molecule has 1 N–H and O–H groups in total. The molecule has 5 nitrogen and oxygen atoms in total. The molecule has 0 atom stereocenters. The van der Waals surface area contributed by atoms with E-state index in [9.17, 15) is 13.2 Å². The molecule has 2 aromatic rings. The van der Waals surface area contributed by atoms with Crippen LogP contribution < -0.4 is 9.62 Å². The molecule has 1 aliphatic heterocycles. The number of anilines is 1. The van der Waals surface area contributed by atoms with Crippen LogP contribution in [0.2, 0.25) is 0 Å². The summed E-state index contributed by atoms with van der Waals surface area (Å²) in [6.07, 6.45) is 2.27. The fraction of sp³-hybridized carbons (Fsp3) is 0.316. The third-order valence-corrected chi connectivity index (χ3v) is 5.68. The number of aryl methyl sites for hydroxylation is 2. The smallest absolute Gasteiger partial charge is 0.242 e. The summed E-state index contributed by atoms with van der Waals surface area (Å²) in [7, 11) is -3.49. The van der Waals surface area contributed by atoms with Gasteiger partial charge in [0.2, 0.25) is 15.9 Å². The number of para-hydroxylation sites is 1. The van der Waals surface area contributed by atoms with Crippen molar-refractivity contribution < 1.29 is 13.2 Å². The Bertz CT molecular complexity index is 835. The summed E-state index contributed by atoms with van der Waals surface area (Å²) in [4.78, 5) is 14.2. The van der Waals surface area contributed by atoms with Crippen molar-refractivity contribution in [2.24, 2.45) is 0 Å². The van der Waals surface area contributed by atoms with E-state index < -0.39 is 10.0 Å². The molecule has 25 heavy (non-hydrogen) atoms. The van der Waals surface area contributed by atoms with Crippen molar-refractivity contribution in [3.8, 4) is 0 Å². The highest BCUT2D eigenvalue weighted by atomic mass is 32.2. The number of sulfonamides is 1. The van der Waals surface area contributed by atoms with Gasteiger partial charge < -0.3 is 4.90 Å². The van der Waals surface area contributed by atoms with Crippen LogP contribution in [0.5, 0.6) is 0 Å². The van der Waals surface area contributed by atoms with E-state index in [4.69, 9.17) is 0 Å². The molecule has 0 bridgehead atoms. The van der Waals surface area contributed by atoms with Crippen LogP contribution in [0.15, 0.2) is 54.6 Å². The second-order valence-electron chi connectivity index (χ2n) is 6.15. The Kier molecular flexibility index (Phi) is 5.50. The number of carbonyl (C=O) groups is 1. The summed E-state index contributed by atoms with van der Waals surface area (Å²) in [6.45, 7) is 0.424. The highest BCUT2D eigenvalue weighted by Gasteiger charge is 2.23. The minimum Gasteiger partial charge on any atom is -0.311 e. The molecule has 1 amide bonds. The summed E-state index contributed by atoms with van der Waals surface area (Å²) < 4.78 is 26.7. The van der Waals surface area contributed by atoms with Crippen LogP contribution in [0.1, 0.15) is 17.5 Å². The van der Waals surface area contributed by atoms with Crippen molar-refractivity contribution in [3.63, 3.8) is 0 Å². The first-order chi connectivity index (χ1) is 12.1. The maximum atomic E-state index is 12.5. The fourth-order valence-electron chi connectivity index (χ4n) is 3.03. The van der Waals surface area contributed by atoms with E-state index in [1.807, 2.05) is 54.6 Å². The van der Waals surface area contributed by atoms with Crippen LogP contribution in [0.25, 0.3) is 0 Å². The van der Waals surface area contributed by atoms with E-state index in [0.717, 1.165) is 29.7 Å². The minimum atomic E-state index is -3.49. The Labute approximate surface area is 148 Å². The van der Waals surface area contributed by atoms with Gasteiger partial charge in [-0.3, -0.25) is 4.79 Å². The fourth-order valence-corrected chi connectivity index (χ4v) is 4.02. The highest BCUT2D eigenvalue weighted by molar-refractivity contribution is 7.89. The van der Waals surface area contributed by atoms with E-state index in [2.05, 4.69) is 4.72 Å². The summed E-state index contributed by atoms with van der Waals surface area (Å²) in [5, 5.41) is 0. The van der Waals surface area contributed by atoms with Crippen molar-refractivity contribution in [2.45, 2.75) is 19.3 Å². The van der Waals surface area contributed by atoms with Crippen LogP contribution in [-0.4, -0.2) is 33.2 Å². The van der Waals surface area contributed by atoms with E-state index in [1.165, 1.54) is 0 Å². The number of nitrogens with one attached hydrogen (secondary N) is 1. The molecule has 0 radical (unpaired) electrons. The SMILES string of the molecule is O=C(CNS(=O)(=O)CCc1ccccc1)N1CCCc2ccccc21. The molecule has 3 rings (SSSR count). The first-order valence-corrected chi connectivity index (χ1v) is 10.1. The van der Waals surface area contributed by atoms with Crippen molar-refractivity contribution in [3.05, 3.63) is 65.7 Å². The molecule has 2 aromatic carbocycles. The zero-order chi connectivity index (χ0) is 17.7. The lowest BCUT2D eigenvalue weighted by Crippen LogP contribution is -2.43. The first-order valence-electron chi connectivity index (χ1n) is 8.45. The van der Waals surface area contributed by atoms with E-state index in [1.54, 1.807) is 4.90 Å². The number of benzene rings is 2. The van der Waals surface area contributed by atoms with Gasteiger partial charge in [-0.15, -0.1) is 0 Å². The lowest BCUT2D eigenvalue weighted by atomic mass is 10.0. The molecule has 1 heterocycles. The first kappa shape index (κ1) is 17.6. The minimum absolute atomic E-state index is 0.0269. The molecule has 0 aliphatic carbocycles. The zero-order valence-corrected chi connectivity index (χ0v) is 14.8. The van der Waals surface area contributed by atoms with Gasteiger partial charge in [0.15, 0.2) is 0 Å².